The first-order chi connectivity index (χ1) is 71.2. The minimum Gasteiger partial charge on any atom is -0.497 e. The van der Waals surface area contributed by atoms with Crippen LogP contribution in [0.15, 0.2) is 288 Å². The van der Waals surface area contributed by atoms with Gasteiger partial charge in [0.25, 0.3) is 11.8 Å². The molecule has 3 aliphatic rings. The van der Waals surface area contributed by atoms with Gasteiger partial charge in [-0.25, -0.2) is 9.59 Å². The predicted octanol–water partition coefficient (Wildman–Crippen LogP) is 25.9. The van der Waals surface area contributed by atoms with E-state index in [1.807, 2.05) is 227 Å². The molecule has 0 spiro atoms. The average molecular weight is 2080 g/mol. The van der Waals surface area contributed by atoms with Crippen molar-refractivity contribution >= 4 is 74.3 Å². The van der Waals surface area contributed by atoms with Gasteiger partial charge in [0, 0.05) is 105 Å². The number of halogens is 1. The summed E-state index contributed by atoms with van der Waals surface area (Å²) in [5, 5.41) is 22.3. The summed E-state index contributed by atoms with van der Waals surface area (Å²) in [6, 6.07) is 86.2. The molecule has 12 aromatic rings. The largest absolute Gasteiger partial charge is 0.497 e. The zero-order valence-electron chi connectivity index (χ0n) is 90.3. The molecule has 3 amide bonds. The van der Waals surface area contributed by atoms with Crippen molar-refractivity contribution in [2.45, 2.75) is 198 Å². The number of nitrogens with zero attached hydrogens (tertiary/aromatic N) is 4. The molecule has 0 aliphatic carbocycles. The number of nitrogens with two attached hydrogens (primary N) is 1. The Bertz CT molecular complexity index is 6530. The molecule has 3 unspecified atom stereocenters. The summed E-state index contributed by atoms with van der Waals surface area (Å²) in [6.07, 6.45) is 3.33. The minimum absolute atomic E-state index is 0.0638. The molecule has 786 valence electrons. The number of nitrogens with one attached hydrogen (secondary N) is 4. The van der Waals surface area contributed by atoms with Crippen LogP contribution in [0.3, 0.4) is 0 Å². The number of ketones is 3. The molecule has 24 nitrogen and oxygen atoms in total. The normalized spacial score (nSPS) is 12.4. The number of fused-ring (bicyclic) bond motifs is 3. The molecular weight excluding hydrogens is 1940 g/mol. The van der Waals surface area contributed by atoms with Crippen LogP contribution in [0.5, 0.6) is 34.5 Å². The highest BCUT2D eigenvalue weighted by Gasteiger charge is 2.30. The molecule has 25 heteroatoms. The lowest BCUT2D eigenvalue weighted by molar-refractivity contribution is 0.0167. The van der Waals surface area contributed by atoms with Crippen LogP contribution in [-0.2, 0) is 24.4 Å². The molecule has 7 N–H and O–H groups in total. The van der Waals surface area contributed by atoms with Crippen molar-refractivity contribution in [1.82, 2.24) is 26.2 Å². The van der Waals surface area contributed by atoms with Gasteiger partial charge in [0.15, 0.2) is 17.3 Å². The Morgan fingerprint density at radius 2 is 0.718 bits per heavy atom. The standard InChI is InChI=1S/C33H39N3O4.C28H31N3O2.C16H13NO2.C13H21NO.C13H18O2.C12H17NO2.C9H9BrO2/c1-21(2)36(32(38)40-33(4,5)6)20-30(25-11-9-13-28(17-25)39-7)35-31(37)26-12-8-10-23(16-26)24-14-15-27-19-34-22(3)29(27)18-24;1-18(2)29-17-27(22-8-6-10-25(14-22)33-4)31-28(32)23-9-5-7-20(13-23)21-11-12-24-16-30-19(3)26(24)15-21;1-10-15-8-12(5-6-14(15)9-17-10)11-3-2-4-13(7-11)16(18)19;2*1-10(2)7-8-13(14)11-5-4-6-12(9-11)15-3;1-9(2)13-8-12(14)10-5-4-6-11(7-10)15-3;1-12-8-4-2-3-7(5-8)9(11)6-10/h8-18,21,30H,19-20H2,1-7H3,(H,35,37);5-15,18,27,29H,16-17H2,1-4H3,(H,31,32);2-8H,9H2,1H3,(H,18,19);4-6,9-10,13H,7-8,14H2,1-3H3;4-6,9-10H,7-8H2,1-3H3;4-7,9,13H,8H2,1-3H3;2-5H,6H2,1H3. The van der Waals surface area contributed by atoms with Crippen LogP contribution in [0.1, 0.15) is 267 Å². The van der Waals surface area contributed by atoms with Crippen molar-refractivity contribution in [3.8, 4) is 67.9 Å². The average Bonchev–Trinajstić information content (AvgIpc) is 1.58. The van der Waals surface area contributed by atoms with E-state index < -0.39 is 23.7 Å². The van der Waals surface area contributed by atoms with E-state index >= 15 is 0 Å². The predicted molar refractivity (Wildman–Crippen MR) is 605 cm³/mol. The number of aliphatic imine (C=N–C) groups is 3. The number of rotatable bonds is 36. The molecule has 149 heavy (non-hydrogen) atoms. The first kappa shape index (κ1) is 118. The van der Waals surface area contributed by atoms with Crippen molar-refractivity contribution < 1.29 is 71.8 Å². The number of amides is 3. The smallest absolute Gasteiger partial charge is 0.410 e. The number of Topliss-reactive ketones (excluding diaryl/α,β-unsaturated/α-hetero) is 3. The Morgan fingerprint density at radius 1 is 0.383 bits per heavy atom. The fraction of sp³-hybridized carbons (Fsp3) is 0.339. The third kappa shape index (κ3) is 37.4. The Kier molecular flexibility index (Phi) is 46.7. The molecule has 3 atom stereocenters. The summed E-state index contributed by atoms with van der Waals surface area (Å²) in [6.45, 7) is 35.8. The van der Waals surface area contributed by atoms with E-state index in [1.54, 1.807) is 108 Å². The number of carbonyl (C=O) groups is 7. The van der Waals surface area contributed by atoms with Gasteiger partial charge >= 0.3 is 12.1 Å². The van der Waals surface area contributed by atoms with Gasteiger partial charge in [0.2, 0.25) is 0 Å². The summed E-state index contributed by atoms with van der Waals surface area (Å²) in [5.74, 6) is 4.87. The van der Waals surface area contributed by atoms with Crippen molar-refractivity contribution in [3.05, 3.63) is 356 Å². The number of carbonyl (C=O) groups excluding carboxylic acids is 6. The molecule has 15 rings (SSSR count). The van der Waals surface area contributed by atoms with Gasteiger partial charge in [-0.05, 0) is 281 Å². The van der Waals surface area contributed by atoms with Crippen molar-refractivity contribution in [3.63, 3.8) is 0 Å². The Hall–Kier alpha value is -14.5. The van der Waals surface area contributed by atoms with Gasteiger partial charge in [-0.3, -0.25) is 38.9 Å². The summed E-state index contributed by atoms with van der Waals surface area (Å²) in [5.41, 5.74) is 28.4. The first-order valence-electron chi connectivity index (χ1n) is 50.5. The highest BCUT2D eigenvalue weighted by Crippen LogP contribution is 2.34. The topological polar surface area (TPSA) is 319 Å². The minimum atomic E-state index is -0.902. The number of hydrogen-bond acceptors (Lipinski definition) is 20. The summed E-state index contributed by atoms with van der Waals surface area (Å²) in [4.78, 5) is 101. The van der Waals surface area contributed by atoms with Crippen molar-refractivity contribution in [1.29, 1.82) is 0 Å². The number of methoxy groups -OCH3 is 6. The Balaban J connectivity index is 0.000000202. The van der Waals surface area contributed by atoms with Gasteiger partial charge < -0.3 is 70.2 Å². The molecule has 0 saturated heterocycles. The molecule has 0 fully saturated rings. The quantitative estimate of drug-likeness (QED) is 0.0157. The number of ether oxygens (including phenoxy) is 7. The fourth-order valence-electron chi connectivity index (χ4n) is 16.1. The van der Waals surface area contributed by atoms with E-state index in [0.717, 1.165) is 122 Å². The monoisotopic (exact) mass is 2080 g/mol. The van der Waals surface area contributed by atoms with Crippen molar-refractivity contribution in [2.24, 2.45) is 32.5 Å². The van der Waals surface area contributed by atoms with Crippen LogP contribution in [0.2, 0.25) is 0 Å². The van der Waals surface area contributed by atoms with Gasteiger partial charge in [-0.15, -0.1) is 0 Å². The van der Waals surface area contributed by atoms with Gasteiger partial charge in [0.1, 0.15) is 40.1 Å². The van der Waals surface area contributed by atoms with E-state index in [0.29, 0.717) is 100 Å². The Morgan fingerprint density at radius 3 is 1.09 bits per heavy atom. The third-order valence-electron chi connectivity index (χ3n) is 24.8. The lowest BCUT2D eigenvalue weighted by Crippen LogP contribution is -2.46. The molecule has 0 bridgehead atoms. The number of aromatic carboxylic acids is 1. The van der Waals surface area contributed by atoms with Crippen LogP contribution in [0.4, 0.5) is 4.79 Å². The molecule has 0 saturated carbocycles. The van der Waals surface area contributed by atoms with E-state index in [1.165, 1.54) is 34.2 Å². The maximum absolute atomic E-state index is 13.7. The molecule has 0 aromatic heterocycles. The highest BCUT2D eigenvalue weighted by atomic mass is 79.9. The molecule has 3 aliphatic heterocycles. The van der Waals surface area contributed by atoms with Gasteiger partial charge in [-0.1, -0.05) is 217 Å². The summed E-state index contributed by atoms with van der Waals surface area (Å²) >= 11 is 3.11. The van der Waals surface area contributed by atoms with Gasteiger partial charge in [-0.2, -0.15) is 0 Å². The summed E-state index contributed by atoms with van der Waals surface area (Å²) in [7, 11) is 9.71. The van der Waals surface area contributed by atoms with E-state index in [2.05, 4.69) is 148 Å². The second-order valence-corrected chi connectivity index (χ2v) is 39.7. The lowest BCUT2D eigenvalue weighted by atomic mass is 9.97. The second-order valence-electron chi connectivity index (χ2n) is 39.2. The summed E-state index contributed by atoms with van der Waals surface area (Å²) < 4.78 is 36.8. The first-order valence-corrected chi connectivity index (χ1v) is 51.6. The number of carboxylic acids is 1. The van der Waals surface area contributed by atoms with E-state index in [9.17, 15) is 33.6 Å². The maximum Gasteiger partial charge on any atom is 0.410 e. The van der Waals surface area contributed by atoms with E-state index in [4.69, 9.17) is 44.0 Å². The molecule has 12 aromatic carbocycles. The van der Waals surface area contributed by atoms with Crippen LogP contribution in [0, 0.1) is 11.8 Å². The molecular formula is C124H148BrN9O15. The van der Waals surface area contributed by atoms with Crippen LogP contribution < -0.4 is 55.4 Å². The van der Waals surface area contributed by atoms with Gasteiger partial charge in [0.05, 0.1) is 91.8 Å². The zero-order valence-corrected chi connectivity index (χ0v) is 91.9. The van der Waals surface area contributed by atoms with Crippen LogP contribution >= 0.6 is 15.9 Å². The van der Waals surface area contributed by atoms with Crippen molar-refractivity contribution in [2.75, 3.05) is 67.6 Å². The van der Waals surface area contributed by atoms with Crippen LogP contribution in [0.25, 0.3) is 33.4 Å². The maximum atomic E-state index is 13.7. The fourth-order valence-corrected chi connectivity index (χ4v) is 16.4. The van der Waals surface area contributed by atoms with Crippen LogP contribution in [-0.4, -0.2) is 160 Å². The number of benzene rings is 12. The lowest BCUT2D eigenvalue weighted by Gasteiger charge is -2.33. The number of alkyl halides is 1. The SMILES string of the molecule is CC1=NCc2ccc(-c3cccc(C(=O)O)c3)cc21.COc1cccc(C(=O)CBr)c1.COc1cccc(C(=O)CCC(C)C)c1.COc1cccc(C(=O)CNC(C)C)c1.COc1cccc(C(CN(C(=O)OC(C)(C)C)C(C)C)NC(=O)c2cccc(-c3ccc4c(c3)C(C)=NC4)c2)c1.COc1cccc(C(CNC(C)C)NC(=O)c2cccc(-c3ccc4c(c3)C(C)=NC4)c2)c1.COc1cccc(C(N)CCC(C)C)c1. The number of carboxylic acid groups (broad SMARTS) is 1. The Labute approximate surface area is 889 Å². The number of hydrogen-bond donors (Lipinski definition) is 6. The molecule has 0 radical (unpaired) electrons. The second kappa shape index (κ2) is 58.9. The zero-order chi connectivity index (χ0) is 109. The molecule has 3 heterocycles. The highest BCUT2D eigenvalue weighted by molar-refractivity contribution is 9.09. The third-order valence-corrected chi connectivity index (χ3v) is 25.3. The van der Waals surface area contributed by atoms with E-state index in [-0.39, 0.29) is 53.8 Å².